The average Bonchev–Trinajstić information content (AvgIpc) is 2.68. The summed E-state index contributed by atoms with van der Waals surface area (Å²) in [5.74, 6) is -0.907. The van der Waals surface area contributed by atoms with Gasteiger partial charge in [-0.3, -0.25) is 0 Å². The molecule has 2 bridgehead atoms. The first-order valence-corrected chi connectivity index (χ1v) is 9.32. The van der Waals surface area contributed by atoms with Crippen molar-refractivity contribution in [2.75, 3.05) is 0 Å². The maximum atomic E-state index is 12.4. The Morgan fingerprint density at radius 2 is 1.69 bits per heavy atom. The largest absolute Gasteiger partial charge is 0.453 e. The number of aliphatic hydroxyl groups is 4. The fourth-order valence-corrected chi connectivity index (χ4v) is 3.74. The molecule has 0 aromatic heterocycles. The van der Waals surface area contributed by atoms with Gasteiger partial charge in [0.1, 0.15) is 5.60 Å². The van der Waals surface area contributed by atoms with Gasteiger partial charge in [-0.1, -0.05) is 13.2 Å². The minimum atomic E-state index is -1.40. The standard InChI is InChI=1S/C20H32O6/c1-12-5-6-16(22)20(4)10-7-14(13(2)18(24)26-20)11-17(23)19(3,25)9-8-15(12)21/h14-17,21-23,25H,1-2,5-11H2,3-4H3/t14-,15+,16+,17+,19-,20-/m0/s1. The molecule has 2 fully saturated rings. The Balaban J connectivity index is 2.33. The van der Waals surface area contributed by atoms with Crippen LogP contribution in [0.4, 0.5) is 0 Å². The van der Waals surface area contributed by atoms with Gasteiger partial charge in [-0.15, -0.1) is 0 Å². The summed E-state index contributed by atoms with van der Waals surface area (Å²) >= 11 is 0. The number of hydrogen-bond acceptors (Lipinski definition) is 6. The van der Waals surface area contributed by atoms with E-state index in [0.717, 1.165) is 0 Å². The topological polar surface area (TPSA) is 107 Å². The first kappa shape index (κ1) is 21.1. The molecule has 0 aromatic rings. The van der Waals surface area contributed by atoms with Crippen LogP contribution in [0.2, 0.25) is 0 Å². The third-order valence-electron chi connectivity index (χ3n) is 6.13. The van der Waals surface area contributed by atoms with Crippen LogP contribution in [0.15, 0.2) is 24.3 Å². The van der Waals surface area contributed by atoms with Crippen LogP contribution in [0.5, 0.6) is 0 Å². The second-order valence-electron chi connectivity index (χ2n) is 8.34. The van der Waals surface area contributed by atoms with E-state index in [4.69, 9.17) is 4.74 Å². The van der Waals surface area contributed by atoms with Crippen LogP contribution in [-0.4, -0.2) is 55.9 Å². The molecular formula is C20H32O6. The predicted molar refractivity (Wildman–Crippen MR) is 97.2 cm³/mol. The lowest BCUT2D eigenvalue weighted by molar-refractivity contribution is -0.165. The van der Waals surface area contributed by atoms with E-state index in [0.29, 0.717) is 31.3 Å². The maximum Gasteiger partial charge on any atom is 0.334 e. The maximum absolute atomic E-state index is 12.4. The van der Waals surface area contributed by atoms with Crippen molar-refractivity contribution in [3.8, 4) is 0 Å². The van der Waals surface area contributed by atoms with Crippen molar-refractivity contribution in [2.45, 2.75) is 88.3 Å². The van der Waals surface area contributed by atoms with Crippen molar-refractivity contribution in [3.63, 3.8) is 0 Å². The van der Waals surface area contributed by atoms with Crippen molar-refractivity contribution < 1.29 is 30.0 Å². The van der Waals surface area contributed by atoms with Crippen LogP contribution in [0.3, 0.4) is 0 Å². The van der Waals surface area contributed by atoms with Crippen LogP contribution in [0.25, 0.3) is 0 Å². The van der Waals surface area contributed by atoms with Crippen molar-refractivity contribution in [1.82, 2.24) is 0 Å². The molecular weight excluding hydrogens is 336 g/mol. The Labute approximate surface area is 155 Å². The highest BCUT2D eigenvalue weighted by Crippen LogP contribution is 2.38. The molecule has 0 aromatic carbocycles. The van der Waals surface area contributed by atoms with Crippen molar-refractivity contribution in [2.24, 2.45) is 5.92 Å². The highest BCUT2D eigenvalue weighted by Gasteiger charge is 2.43. The summed E-state index contributed by atoms with van der Waals surface area (Å²) in [7, 11) is 0. The summed E-state index contributed by atoms with van der Waals surface area (Å²) in [6, 6.07) is 0. The monoisotopic (exact) mass is 368 g/mol. The SMILES string of the molecule is C=C1C(=O)O[C@@]2(C)CC[C@H]1C[C@@H](O)[C@@](C)(O)CC[C@@H](O)C(=C)CC[C@H]2O. The minimum absolute atomic E-state index is 0.171. The van der Waals surface area contributed by atoms with E-state index in [1.807, 2.05) is 0 Å². The van der Waals surface area contributed by atoms with Crippen LogP contribution in [-0.2, 0) is 9.53 Å². The zero-order valence-corrected chi connectivity index (χ0v) is 15.8. The second-order valence-corrected chi connectivity index (χ2v) is 8.34. The normalized spacial score (nSPS) is 43.5. The first-order valence-electron chi connectivity index (χ1n) is 9.32. The van der Waals surface area contributed by atoms with E-state index < -0.39 is 35.5 Å². The van der Waals surface area contributed by atoms with Crippen molar-refractivity contribution in [1.29, 1.82) is 0 Å². The molecule has 4 N–H and O–H groups in total. The molecule has 1 saturated heterocycles. The van der Waals surface area contributed by atoms with Crippen LogP contribution in [0, 0.1) is 5.92 Å². The van der Waals surface area contributed by atoms with E-state index in [-0.39, 0.29) is 30.8 Å². The molecule has 26 heavy (non-hydrogen) atoms. The summed E-state index contributed by atoms with van der Waals surface area (Å²) in [5, 5.41) is 42.0. The van der Waals surface area contributed by atoms with Gasteiger partial charge in [0.15, 0.2) is 0 Å². The van der Waals surface area contributed by atoms with Gasteiger partial charge >= 0.3 is 5.97 Å². The molecule has 2 rings (SSSR count). The molecule has 1 aliphatic carbocycles. The summed E-state index contributed by atoms with van der Waals surface area (Å²) < 4.78 is 5.55. The molecule has 0 radical (unpaired) electrons. The number of hydrogen-bond donors (Lipinski definition) is 4. The highest BCUT2D eigenvalue weighted by molar-refractivity contribution is 5.89. The number of rotatable bonds is 0. The van der Waals surface area contributed by atoms with Crippen LogP contribution < -0.4 is 0 Å². The number of ether oxygens (including phenoxy) is 1. The van der Waals surface area contributed by atoms with Gasteiger partial charge in [-0.2, -0.15) is 0 Å². The van der Waals surface area contributed by atoms with Crippen molar-refractivity contribution >= 4 is 5.97 Å². The minimum Gasteiger partial charge on any atom is -0.453 e. The molecule has 2 aliphatic rings. The predicted octanol–water partition coefficient (Wildman–Crippen LogP) is 1.61. The lowest BCUT2D eigenvalue weighted by Crippen LogP contribution is -2.43. The Bertz CT molecular complexity index is 569. The van der Waals surface area contributed by atoms with Crippen molar-refractivity contribution in [3.05, 3.63) is 24.3 Å². The molecule has 1 heterocycles. The van der Waals surface area contributed by atoms with E-state index >= 15 is 0 Å². The van der Waals surface area contributed by atoms with Crippen LogP contribution >= 0.6 is 0 Å². The molecule has 0 amide bonds. The quantitative estimate of drug-likeness (QED) is 0.294. The third-order valence-corrected chi connectivity index (χ3v) is 6.13. The van der Waals surface area contributed by atoms with Gasteiger partial charge in [-0.25, -0.2) is 4.79 Å². The molecule has 6 heteroatoms. The highest BCUT2D eigenvalue weighted by atomic mass is 16.6. The zero-order chi connectivity index (χ0) is 19.7. The molecule has 0 spiro atoms. The van der Waals surface area contributed by atoms with Gasteiger partial charge < -0.3 is 25.2 Å². The first-order chi connectivity index (χ1) is 12.0. The fourth-order valence-electron chi connectivity index (χ4n) is 3.74. The number of aliphatic hydroxyl groups excluding tert-OH is 3. The van der Waals surface area contributed by atoms with E-state index in [1.165, 1.54) is 6.92 Å². The Hall–Kier alpha value is -1.21. The average molecular weight is 368 g/mol. The fraction of sp³-hybridized carbons (Fsp3) is 0.750. The van der Waals surface area contributed by atoms with Gasteiger partial charge in [0.25, 0.3) is 0 Å². The van der Waals surface area contributed by atoms with Gasteiger partial charge in [-0.05, 0) is 70.3 Å². The summed E-state index contributed by atoms with van der Waals surface area (Å²) in [6.07, 6.45) is -0.524. The third kappa shape index (κ3) is 4.55. The molecule has 0 unspecified atom stereocenters. The molecule has 1 aliphatic heterocycles. The summed E-state index contributed by atoms with van der Waals surface area (Å²) in [4.78, 5) is 12.4. The zero-order valence-electron chi connectivity index (χ0n) is 15.8. The number of carbonyl (C=O) groups is 1. The van der Waals surface area contributed by atoms with Gasteiger partial charge in [0.05, 0.1) is 23.9 Å². The Kier molecular flexibility index (Phi) is 6.33. The second kappa shape index (κ2) is 7.80. The summed E-state index contributed by atoms with van der Waals surface area (Å²) in [6.45, 7) is 10.9. The summed E-state index contributed by atoms with van der Waals surface area (Å²) in [5.41, 5.74) is -1.64. The Morgan fingerprint density at radius 3 is 2.35 bits per heavy atom. The van der Waals surface area contributed by atoms with E-state index in [1.54, 1.807) is 6.92 Å². The lowest BCUT2D eigenvalue weighted by Gasteiger charge is -2.34. The number of fused-ring (bicyclic) bond motifs is 3. The number of esters is 1. The molecule has 1 saturated carbocycles. The van der Waals surface area contributed by atoms with Crippen LogP contribution in [0.1, 0.15) is 58.8 Å². The smallest absolute Gasteiger partial charge is 0.334 e. The number of carbonyl (C=O) groups excluding carboxylic acids is 1. The van der Waals surface area contributed by atoms with Gasteiger partial charge in [0.2, 0.25) is 0 Å². The van der Waals surface area contributed by atoms with E-state index in [2.05, 4.69) is 13.2 Å². The Morgan fingerprint density at radius 1 is 1.04 bits per heavy atom. The molecule has 6 atom stereocenters. The molecule has 148 valence electrons. The van der Waals surface area contributed by atoms with Gasteiger partial charge in [0, 0.05) is 5.57 Å². The molecule has 6 nitrogen and oxygen atoms in total. The van der Waals surface area contributed by atoms with E-state index in [9.17, 15) is 25.2 Å². The lowest BCUT2D eigenvalue weighted by atomic mass is 9.79.